The summed E-state index contributed by atoms with van der Waals surface area (Å²) in [5.74, 6) is -0.418. The van der Waals surface area contributed by atoms with Gasteiger partial charge in [0.05, 0.1) is 19.3 Å². The molecule has 1 atom stereocenters. The third-order valence-corrected chi connectivity index (χ3v) is 3.68. The Balaban J connectivity index is 2.14. The van der Waals surface area contributed by atoms with Gasteiger partial charge >= 0.3 is 5.97 Å². The Morgan fingerprint density at radius 2 is 2.40 bits per heavy atom. The van der Waals surface area contributed by atoms with E-state index in [9.17, 15) is 9.90 Å². The molecule has 1 saturated heterocycles. The van der Waals surface area contributed by atoms with Crippen molar-refractivity contribution in [3.63, 3.8) is 0 Å². The van der Waals surface area contributed by atoms with E-state index in [1.54, 1.807) is 10.6 Å². The third kappa shape index (κ3) is 2.02. The minimum Gasteiger partial charge on any atom is -0.476 e. The maximum absolute atomic E-state index is 11.6. The van der Waals surface area contributed by atoms with E-state index < -0.39 is 5.97 Å². The zero-order valence-corrected chi connectivity index (χ0v) is 11.3. The van der Waals surface area contributed by atoms with Gasteiger partial charge in [-0.3, -0.25) is 4.40 Å². The molecule has 0 amide bonds. The van der Waals surface area contributed by atoms with Crippen molar-refractivity contribution in [1.29, 1.82) is 0 Å². The molecule has 0 spiro atoms. The number of carbonyl (C=O) groups is 1. The van der Waals surface area contributed by atoms with E-state index in [-0.39, 0.29) is 11.7 Å². The van der Waals surface area contributed by atoms with E-state index >= 15 is 0 Å². The van der Waals surface area contributed by atoms with Gasteiger partial charge in [-0.05, 0) is 18.6 Å². The lowest BCUT2D eigenvalue weighted by molar-refractivity contribution is 0.0686. The summed E-state index contributed by atoms with van der Waals surface area (Å²) in [5, 5.41) is 9.52. The first kappa shape index (κ1) is 12.9. The number of aromatic carboxylic acids is 1. The van der Waals surface area contributed by atoms with Gasteiger partial charge in [0.15, 0.2) is 11.5 Å². The fraction of sp³-hybridized carbons (Fsp3) is 0.429. The third-order valence-electron chi connectivity index (χ3n) is 3.68. The number of hydrogen-bond acceptors (Lipinski definition) is 4. The molecule has 1 unspecified atom stereocenters. The number of morpholine rings is 1. The number of imidazole rings is 1. The first-order valence-electron chi connectivity index (χ1n) is 6.77. The maximum Gasteiger partial charge on any atom is 0.356 e. The summed E-state index contributed by atoms with van der Waals surface area (Å²) in [6.45, 7) is 3.96. The Morgan fingerprint density at radius 1 is 1.55 bits per heavy atom. The van der Waals surface area contributed by atoms with Crippen LogP contribution in [-0.4, -0.2) is 46.3 Å². The van der Waals surface area contributed by atoms with Gasteiger partial charge in [0, 0.05) is 12.7 Å². The van der Waals surface area contributed by atoms with Crippen LogP contribution >= 0.6 is 0 Å². The Hall–Kier alpha value is -2.08. The van der Waals surface area contributed by atoms with Crippen LogP contribution in [0.4, 0.5) is 5.82 Å². The minimum atomic E-state index is -0.958. The maximum atomic E-state index is 11.6. The summed E-state index contributed by atoms with van der Waals surface area (Å²) in [5.41, 5.74) is 0.877. The molecule has 106 valence electrons. The van der Waals surface area contributed by atoms with E-state index in [0.717, 1.165) is 6.42 Å². The van der Waals surface area contributed by atoms with Crippen LogP contribution in [0.2, 0.25) is 0 Å². The molecule has 1 aliphatic rings. The van der Waals surface area contributed by atoms with Crippen LogP contribution in [-0.2, 0) is 4.74 Å². The molecular weight excluding hydrogens is 258 g/mol. The van der Waals surface area contributed by atoms with E-state index in [1.807, 2.05) is 18.2 Å². The smallest absolute Gasteiger partial charge is 0.356 e. The molecule has 20 heavy (non-hydrogen) atoms. The van der Waals surface area contributed by atoms with Crippen molar-refractivity contribution in [1.82, 2.24) is 9.38 Å². The second kappa shape index (κ2) is 5.13. The zero-order valence-electron chi connectivity index (χ0n) is 11.3. The molecule has 1 N–H and O–H groups in total. The Kier molecular flexibility index (Phi) is 3.31. The highest BCUT2D eigenvalue weighted by atomic mass is 16.5. The number of hydrogen-bond donors (Lipinski definition) is 1. The van der Waals surface area contributed by atoms with Crippen LogP contribution in [0.15, 0.2) is 24.4 Å². The molecule has 3 rings (SSSR count). The quantitative estimate of drug-likeness (QED) is 0.922. The fourth-order valence-corrected chi connectivity index (χ4v) is 2.65. The monoisotopic (exact) mass is 275 g/mol. The Morgan fingerprint density at radius 3 is 3.15 bits per heavy atom. The average Bonchev–Trinajstić information content (AvgIpc) is 2.86. The summed E-state index contributed by atoms with van der Waals surface area (Å²) >= 11 is 0. The van der Waals surface area contributed by atoms with Gasteiger partial charge < -0.3 is 14.7 Å². The van der Waals surface area contributed by atoms with E-state index in [0.29, 0.717) is 31.2 Å². The number of ether oxygens (including phenoxy) is 1. The predicted octanol–water partition coefficient (Wildman–Crippen LogP) is 1.65. The molecule has 2 aromatic rings. The van der Waals surface area contributed by atoms with E-state index in [4.69, 9.17) is 4.74 Å². The van der Waals surface area contributed by atoms with Crippen LogP contribution in [0.3, 0.4) is 0 Å². The Labute approximate surface area is 116 Å². The lowest BCUT2D eigenvalue weighted by Crippen LogP contribution is -2.46. The number of fused-ring (bicyclic) bond motifs is 1. The van der Waals surface area contributed by atoms with Gasteiger partial charge in [0.2, 0.25) is 0 Å². The molecular formula is C14H17N3O3. The standard InChI is InChI=1S/C14H17N3O3/c1-2-10-9-20-8-7-16(10)13-12(14(18)19)17-6-4-3-5-11(17)15-13/h3-6,10H,2,7-9H2,1H3,(H,18,19). The van der Waals surface area contributed by atoms with Crippen molar-refractivity contribution in [2.75, 3.05) is 24.7 Å². The number of carboxylic acid groups (broad SMARTS) is 1. The minimum absolute atomic E-state index is 0.173. The number of pyridine rings is 1. The molecule has 1 fully saturated rings. The highest BCUT2D eigenvalue weighted by molar-refractivity contribution is 5.93. The summed E-state index contributed by atoms with van der Waals surface area (Å²) in [7, 11) is 0. The first-order chi connectivity index (χ1) is 9.72. The average molecular weight is 275 g/mol. The van der Waals surface area contributed by atoms with Crippen LogP contribution in [0.25, 0.3) is 5.65 Å². The number of nitrogens with zero attached hydrogens (tertiary/aromatic N) is 3. The Bertz CT molecular complexity index is 638. The van der Waals surface area contributed by atoms with Crippen LogP contribution in [0.5, 0.6) is 0 Å². The molecule has 0 aliphatic carbocycles. The van der Waals surface area contributed by atoms with Gasteiger partial charge in [-0.2, -0.15) is 0 Å². The molecule has 1 aliphatic heterocycles. The number of aromatic nitrogens is 2. The van der Waals surface area contributed by atoms with Gasteiger partial charge in [-0.15, -0.1) is 0 Å². The largest absolute Gasteiger partial charge is 0.476 e. The molecule has 0 saturated carbocycles. The van der Waals surface area contributed by atoms with E-state index in [2.05, 4.69) is 16.8 Å². The second-order valence-electron chi connectivity index (χ2n) is 4.85. The van der Waals surface area contributed by atoms with Crippen LogP contribution in [0, 0.1) is 0 Å². The SMILES string of the molecule is CCC1COCCN1c1nc2ccccn2c1C(=O)O. The predicted molar refractivity (Wildman–Crippen MR) is 74.4 cm³/mol. The van der Waals surface area contributed by atoms with Crippen molar-refractivity contribution in [3.05, 3.63) is 30.1 Å². The highest BCUT2D eigenvalue weighted by Crippen LogP contribution is 2.26. The summed E-state index contributed by atoms with van der Waals surface area (Å²) in [4.78, 5) is 18.2. The molecule has 6 heteroatoms. The van der Waals surface area contributed by atoms with E-state index in [1.165, 1.54) is 0 Å². The molecule has 2 aromatic heterocycles. The molecule has 3 heterocycles. The van der Waals surface area contributed by atoms with Gasteiger partial charge in [-0.1, -0.05) is 13.0 Å². The normalized spacial score (nSPS) is 19.4. The fourth-order valence-electron chi connectivity index (χ4n) is 2.65. The zero-order chi connectivity index (χ0) is 14.1. The molecule has 6 nitrogen and oxygen atoms in total. The summed E-state index contributed by atoms with van der Waals surface area (Å²) < 4.78 is 7.10. The van der Waals surface area contributed by atoms with Gasteiger partial charge in [0.25, 0.3) is 0 Å². The summed E-state index contributed by atoms with van der Waals surface area (Å²) in [6.07, 6.45) is 2.63. The number of anilines is 1. The van der Waals surface area contributed by atoms with Crippen LogP contribution in [0.1, 0.15) is 23.8 Å². The van der Waals surface area contributed by atoms with Crippen molar-refractivity contribution < 1.29 is 14.6 Å². The van der Waals surface area contributed by atoms with Gasteiger partial charge in [0.1, 0.15) is 5.65 Å². The van der Waals surface area contributed by atoms with Gasteiger partial charge in [-0.25, -0.2) is 9.78 Å². The lowest BCUT2D eigenvalue weighted by Gasteiger charge is -2.35. The highest BCUT2D eigenvalue weighted by Gasteiger charge is 2.29. The number of rotatable bonds is 3. The van der Waals surface area contributed by atoms with Crippen molar-refractivity contribution in [2.24, 2.45) is 0 Å². The first-order valence-corrected chi connectivity index (χ1v) is 6.77. The molecule has 0 radical (unpaired) electrons. The second-order valence-corrected chi connectivity index (χ2v) is 4.85. The molecule has 0 bridgehead atoms. The van der Waals surface area contributed by atoms with Crippen molar-refractivity contribution >= 4 is 17.4 Å². The molecule has 0 aromatic carbocycles. The topological polar surface area (TPSA) is 67.1 Å². The number of carboxylic acids is 1. The van der Waals surface area contributed by atoms with Crippen molar-refractivity contribution in [2.45, 2.75) is 19.4 Å². The van der Waals surface area contributed by atoms with Crippen molar-refractivity contribution in [3.8, 4) is 0 Å². The van der Waals surface area contributed by atoms with Crippen LogP contribution < -0.4 is 4.90 Å². The lowest BCUT2D eigenvalue weighted by atomic mass is 10.1. The summed E-state index contributed by atoms with van der Waals surface area (Å²) in [6, 6.07) is 5.65.